The van der Waals surface area contributed by atoms with Gasteiger partial charge in [-0.05, 0) is 43.6 Å². The molecule has 0 saturated heterocycles. The molecule has 0 aromatic heterocycles. The SMILES string of the molecule is CC(=O)CC(=O)CC(CC(C)C)C(=S)N[C@@H](CC1CCCCC1)C(=O)NCCc1ccccc1. The van der Waals surface area contributed by atoms with Crippen molar-refractivity contribution in [2.24, 2.45) is 17.8 Å². The van der Waals surface area contributed by atoms with Gasteiger partial charge in [-0.1, -0.05) is 88.5 Å². The number of benzene rings is 1. The lowest BCUT2D eigenvalue weighted by atomic mass is 9.84. The van der Waals surface area contributed by atoms with E-state index in [-0.39, 0.29) is 36.2 Å². The Morgan fingerprint density at radius 2 is 1.74 bits per heavy atom. The van der Waals surface area contributed by atoms with Crippen molar-refractivity contribution in [2.45, 2.75) is 91.0 Å². The van der Waals surface area contributed by atoms with Crippen LogP contribution < -0.4 is 10.6 Å². The summed E-state index contributed by atoms with van der Waals surface area (Å²) in [5.41, 5.74) is 1.19. The minimum atomic E-state index is -0.399. The number of nitrogens with one attached hydrogen (secondary N) is 2. The molecule has 1 unspecified atom stereocenters. The summed E-state index contributed by atoms with van der Waals surface area (Å²) < 4.78 is 0. The minimum absolute atomic E-state index is 0.0257. The van der Waals surface area contributed by atoms with Gasteiger partial charge in [0.15, 0.2) is 0 Å². The summed E-state index contributed by atoms with van der Waals surface area (Å²) in [6.45, 7) is 6.21. The lowest BCUT2D eigenvalue weighted by Gasteiger charge is -2.29. The summed E-state index contributed by atoms with van der Waals surface area (Å²) in [5, 5.41) is 6.46. The molecule has 0 radical (unpaired) electrons. The van der Waals surface area contributed by atoms with Crippen molar-refractivity contribution in [3.63, 3.8) is 0 Å². The number of carbonyl (C=O) groups excluding carboxylic acids is 3. The standard InChI is InChI=1S/C28H42N2O3S/c1-20(2)16-24(19-25(32)17-21(3)31)28(34)30-26(18-23-12-8-5-9-13-23)27(33)29-15-14-22-10-6-4-7-11-22/h4,6-7,10-11,20,23-24,26H,5,8-9,12-19H2,1-3H3,(H,29,33)(H,30,34)/t24?,26-/m0/s1. The number of amides is 1. The zero-order valence-electron chi connectivity index (χ0n) is 21.1. The molecule has 2 atom stereocenters. The van der Waals surface area contributed by atoms with Gasteiger partial charge in [-0.15, -0.1) is 0 Å². The first kappa shape index (κ1) is 28.2. The Balaban J connectivity index is 2.04. The highest BCUT2D eigenvalue weighted by atomic mass is 32.1. The highest BCUT2D eigenvalue weighted by Gasteiger charge is 2.28. The van der Waals surface area contributed by atoms with Gasteiger partial charge in [-0.3, -0.25) is 14.4 Å². The molecule has 0 spiro atoms. The molecule has 1 amide bonds. The van der Waals surface area contributed by atoms with Crippen LogP contribution in [-0.2, 0) is 20.8 Å². The maximum atomic E-state index is 13.2. The van der Waals surface area contributed by atoms with Crippen LogP contribution in [0.5, 0.6) is 0 Å². The molecule has 2 N–H and O–H groups in total. The molecule has 0 heterocycles. The third kappa shape index (κ3) is 10.9. The molecule has 6 heteroatoms. The van der Waals surface area contributed by atoms with Crippen LogP contribution >= 0.6 is 12.2 Å². The van der Waals surface area contributed by atoms with Gasteiger partial charge < -0.3 is 10.6 Å². The molecule has 34 heavy (non-hydrogen) atoms. The van der Waals surface area contributed by atoms with E-state index in [1.54, 1.807) is 0 Å². The topological polar surface area (TPSA) is 75.3 Å². The van der Waals surface area contributed by atoms with Gasteiger partial charge in [0.25, 0.3) is 0 Å². The van der Waals surface area contributed by atoms with E-state index in [0.717, 1.165) is 32.1 Å². The van der Waals surface area contributed by atoms with Crippen LogP contribution in [0.15, 0.2) is 30.3 Å². The average molecular weight is 487 g/mol. The first-order valence-electron chi connectivity index (χ1n) is 12.9. The zero-order chi connectivity index (χ0) is 24.9. The summed E-state index contributed by atoms with van der Waals surface area (Å²) in [4.78, 5) is 37.6. The molecule has 1 fully saturated rings. The molecule has 1 aromatic carbocycles. The van der Waals surface area contributed by atoms with Crippen LogP contribution in [0.3, 0.4) is 0 Å². The van der Waals surface area contributed by atoms with E-state index in [2.05, 4.69) is 36.6 Å². The van der Waals surface area contributed by atoms with E-state index in [1.165, 1.54) is 31.7 Å². The Morgan fingerprint density at radius 1 is 1.06 bits per heavy atom. The van der Waals surface area contributed by atoms with Crippen molar-refractivity contribution in [3.8, 4) is 0 Å². The Labute approximate surface area is 210 Å². The molecule has 2 rings (SSSR count). The smallest absolute Gasteiger partial charge is 0.242 e. The highest BCUT2D eigenvalue weighted by molar-refractivity contribution is 7.80. The molecule has 1 aromatic rings. The second-order valence-corrected chi connectivity index (χ2v) is 10.7. The van der Waals surface area contributed by atoms with E-state index >= 15 is 0 Å². The van der Waals surface area contributed by atoms with Gasteiger partial charge in [-0.2, -0.15) is 0 Å². The van der Waals surface area contributed by atoms with Crippen molar-refractivity contribution in [2.75, 3.05) is 6.54 Å². The second kappa shape index (κ2) is 15.0. The number of hydrogen-bond donors (Lipinski definition) is 2. The van der Waals surface area contributed by atoms with Crippen molar-refractivity contribution < 1.29 is 14.4 Å². The number of Topliss-reactive ketones (excluding diaryl/α,β-unsaturated/α-hetero) is 2. The lowest BCUT2D eigenvalue weighted by Crippen LogP contribution is -2.49. The molecule has 1 saturated carbocycles. The third-order valence-electron chi connectivity index (χ3n) is 6.53. The molecule has 188 valence electrons. The van der Waals surface area contributed by atoms with Crippen LogP contribution in [0.4, 0.5) is 0 Å². The van der Waals surface area contributed by atoms with Crippen LogP contribution in [0.25, 0.3) is 0 Å². The third-order valence-corrected chi connectivity index (χ3v) is 6.98. The van der Waals surface area contributed by atoms with Gasteiger partial charge in [0.2, 0.25) is 5.91 Å². The van der Waals surface area contributed by atoms with Crippen LogP contribution in [0.2, 0.25) is 0 Å². The second-order valence-electron chi connectivity index (χ2n) is 10.3. The molecule has 0 aliphatic heterocycles. The Kier molecular flexibility index (Phi) is 12.4. The van der Waals surface area contributed by atoms with Crippen molar-refractivity contribution >= 4 is 34.7 Å². The van der Waals surface area contributed by atoms with Gasteiger partial charge in [0.05, 0.1) is 11.4 Å². The maximum absolute atomic E-state index is 13.2. The molecular formula is C28H42N2O3S. The normalized spacial score (nSPS) is 16.0. The van der Waals surface area contributed by atoms with E-state index in [1.807, 2.05) is 18.2 Å². The Morgan fingerprint density at radius 3 is 2.35 bits per heavy atom. The summed E-state index contributed by atoms with van der Waals surface area (Å²) in [6.07, 6.45) is 8.48. The monoisotopic (exact) mass is 486 g/mol. The van der Waals surface area contributed by atoms with Crippen LogP contribution in [0.1, 0.15) is 84.1 Å². The summed E-state index contributed by atoms with van der Waals surface area (Å²) in [6, 6.07) is 9.73. The summed E-state index contributed by atoms with van der Waals surface area (Å²) in [5.74, 6) is 0.469. The van der Waals surface area contributed by atoms with E-state index < -0.39 is 6.04 Å². The number of rotatable bonds is 14. The van der Waals surface area contributed by atoms with E-state index in [4.69, 9.17) is 12.2 Å². The zero-order valence-corrected chi connectivity index (χ0v) is 21.9. The Hall–Kier alpha value is -2.08. The average Bonchev–Trinajstić information content (AvgIpc) is 2.78. The number of carbonyl (C=O) groups is 3. The van der Waals surface area contributed by atoms with Crippen molar-refractivity contribution in [1.29, 1.82) is 0 Å². The molecule has 5 nitrogen and oxygen atoms in total. The fourth-order valence-electron chi connectivity index (χ4n) is 4.85. The number of hydrogen-bond acceptors (Lipinski definition) is 4. The first-order chi connectivity index (χ1) is 16.2. The summed E-state index contributed by atoms with van der Waals surface area (Å²) in [7, 11) is 0. The van der Waals surface area contributed by atoms with Gasteiger partial charge in [0.1, 0.15) is 17.6 Å². The van der Waals surface area contributed by atoms with E-state index in [0.29, 0.717) is 23.4 Å². The van der Waals surface area contributed by atoms with Gasteiger partial charge >= 0.3 is 0 Å². The van der Waals surface area contributed by atoms with Crippen molar-refractivity contribution in [1.82, 2.24) is 10.6 Å². The largest absolute Gasteiger partial charge is 0.368 e. The quantitative estimate of drug-likeness (QED) is 0.279. The molecule has 0 bridgehead atoms. The van der Waals surface area contributed by atoms with Crippen LogP contribution in [-0.4, -0.2) is 35.0 Å². The summed E-state index contributed by atoms with van der Waals surface area (Å²) >= 11 is 5.75. The fourth-order valence-corrected chi connectivity index (χ4v) is 5.17. The predicted molar refractivity (Wildman–Crippen MR) is 142 cm³/mol. The molecule has 1 aliphatic carbocycles. The maximum Gasteiger partial charge on any atom is 0.242 e. The molecular weight excluding hydrogens is 444 g/mol. The molecule has 1 aliphatic rings. The first-order valence-corrected chi connectivity index (χ1v) is 13.3. The van der Waals surface area contributed by atoms with Gasteiger partial charge in [0, 0.05) is 18.9 Å². The van der Waals surface area contributed by atoms with Crippen molar-refractivity contribution in [3.05, 3.63) is 35.9 Å². The number of ketones is 2. The van der Waals surface area contributed by atoms with Gasteiger partial charge in [-0.25, -0.2) is 0 Å². The van der Waals surface area contributed by atoms with E-state index in [9.17, 15) is 14.4 Å². The minimum Gasteiger partial charge on any atom is -0.368 e. The highest BCUT2D eigenvalue weighted by Crippen LogP contribution is 2.28. The predicted octanol–water partition coefficient (Wildman–Crippen LogP) is 5.20. The lowest BCUT2D eigenvalue weighted by molar-refractivity contribution is -0.126. The Bertz CT molecular complexity index is 803. The van der Waals surface area contributed by atoms with Crippen LogP contribution in [0, 0.1) is 17.8 Å². The fraction of sp³-hybridized carbons (Fsp3) is 0.643. The number of thiocarbonyl (C=S) groups is 1.